The Hall–Kier alpha value is -3.25. The molecule has 6 rings (SSSR count). The fraction of sp³-hybridized carbons (Fsp3) is 0.457. The van der Waals surface area contributed by atoms with Crippen LogP contribution in [0.3, 0.4) is 0 Å². The van der Waals surface area contributed by atoms with Crippen LogP contribution in [-0.2, 0) is 20.7 Å². The Kier molecular flexibility index (Phi) is 9.81. The number of likely N-dealkylation sites (tertiary alicyclic amines) is 1. The summed E-state index contributed by atoms with van der Waals surface area (Å²) in [5, 5.41) is 9.43. The van der Waals surface area contributed by atoms with Gasteiger partial charge in [0.15, 0.2) is 0 Å². The lowest BCUT2D eigenvalue weighted by molar-refractivity contribution is -0.143. The van der Waals surface area contributed by atoms with Crippen LogP contribution >= 0.6 is 11.6 Å². The van der Waals surface area contributed by atoms with Crippen LogP contribution in [0.4, 0.5) is 8.78 Å². The molecule has 3 aromatic carbocycles. The van der Waals surface area contributed by atoms with Gasteiger partial charge in [-0.3, -0.25) is 4.79 Å². The van der Waals surface area contributed by atoms with Crippen LogP contribution in [0.1, 0.15) is 49.1 Å². The van der Waals surface area contributed by atoms with Gasteiger partial charge in [-0.15, -0.1) is 0 Å². The number of primary sulfonamides is 1. The molecule has 2 heterocycles. The maximum absolute atomic E-state index is 17.2. The fourth-order valence-corrected chi connectivity index (χ4v) is 8.19. The van der Waals surface area contributed by atoms with E-state index in [4.69, 9.17) is 26.2 Å². The first kappa shape index (κ1) is 33.6. The van der Waals surface area contributed by atoms with Gasteiger partial charge in [-0.2, -0.15) is 0 Å². The summed E-state index contributed by atoms with van der Waals surface area (Å²) in [5.74, 6) is -5.98. The van der Waals surface area contributed by atoms with Crippen LogP contribution in [0.2, 0.25) is 5.02 Å². The minimum absolute atomic E-state index is 0.134. The molecule has 1 aliphatic carbocycles. The summed E-state index contributed by atoms with van der Waals surface area (Å²) in [5.41, 5.74) is 0.361. The smallest absolute Gasteiger partial charge is 0.288 e. The van der Waals surface area contributed by atoms with Crippen molar-refractivity contribution < 1.29 is 31.5 Å². The van der Waals surface area contributed by atoms with E-state index in [1.165, 1.54) is 54.8 Å². The molecule has 8 nitrogen and oxygen atoms in total. The van der Waals surface area contributed by atoms with Crippen molar-refractivity contribution in [2.45, 2.75) is 48.8 Å². The topological polar surface area (TPSA) is 111 Å². The normalized spacial score (nSPS) is 21.0. The summed E-state index contributed by atoms with van der Waals surface area (Å²) < 4.78 is 71.7. The first-order valence-electron chi connectivity index (χ1n) is 16.1. The molecule has 3 fully saturated rings. The molecule has 12 heteroatoms. The molecular weight excluding hydrogens is 648 g/mol. The van der Waals surface area contributed by atoms with Gasteiger partial charge < -0.3 is 19.7 Å². The van der Waals surface area contributed by atoms with Gasteiger partial charge in [0.25, 0.3) is 5.92 Å². The Labute approximate surface area is 279 Å². The molecule has 3 aromatic rings. The number of hydrogen-bond donors (Lipinski definition) is 2. The zero-order chi connectivity index (χ0) is 33.3. The van der Waals surface area contributed by atoms with Crippen molar-refractivity contribution >= 4 is 27.5 Å². The van der Waals surface area contributed by atoms with Crippen molar-refractivity contribution in [3.05, 3.63) is 76.8 Å². The molecule has 3 aliphatic rings. The summed E-state index contributed by atoms with van der Waals surface area (Å²) in [6.07, 6.45) is 5.37. The highest BCUT2D eigenvalue weighted by molar-refractivity contribution is 7.89. The van der Waals surface area contributed by atoms with E-state index in [9.17, 15) is 13.2 Å². The number of benzene rings is 3. The molecule has 1 saturated carbocycles. The zero-order valence-electron chi connectivity index (χ0n) is 26.3. The van der Waals surface area contributed by atoms with Crippen LogP contribution in [0.15, 0.2) is 65.6 Å². The van der Waals surface area contributed by atoms with Crippen molar-refractivity contribution in [3.63, 3.8) is 0 Å². The third kappa shape index (κ3) is 7.13. The van der Waals surface area contributed by atoms with Gasteiger partial charge in [0.05, 0.1) is 18.6 Å². The van der Waals surface area contributed by atoms with Gasteiger partial charge in [-0.05, 0) is 78.1 Å². The molecule has 3 atom stereocenters. The highest BCUT2D eigenvalue weighted by Crippen LogP contribution is 2.48. The van der Waals surface area contributed by atoms with E-state index in [-0.39, 0.29) is 28.9 Å². The van der Waals surface area contributed by atoms with E-state index in [2.05, 4.69) is 5.32 Å². The zero-order valence-corrected chi connectivity index (χ0v) is 27.8. The molecule has 0 unspecified atom stereocenters. The summed E-state index contributed by atoms with van der Waals surface area (Å²) in [4.78, 5) is 15.3. The van der Waals surface area contributed by atoms with Crippen LogP contribution in [0.25, 0.3) is 11.1 Å². The van der Waals surface area contributed by atoms with E-state index in [0.717, 1.165) is 25.7 Å². The minimum Gasteiger partial charge on any atom is -0.496 e. The first-order valence-corrected chi connectivity index (χ1v) is 18.0. The molecular formula is C35H40ClF2N3O5S. The Morgan fingerprint density at radius 3 is 2.34 bits per heavy atom. The van der Waals surface area contributed by atoms with Crippen molar-refractivity contribution in [1.29, 1.82) is 0 Å². The summed E-state index contributed by atoms with van der Waals surface area (Å²) in [6, 6.07) is 14.7. The Morgan fingerprint density at radius 2 is 1.70 bits per heavy atom. The minimum atomic E-state index is -4.51. The Morgan fingerprint density at radius 1 is 1.02 bits per heavy atom. The number of alkyl halides is 2. The third-order valence-corrected chi connectivity index (χ3v) is 11.1. The quantitative estimate of drug-likeness (QED) is 0.264. The summed E-state index contributed by atoms with van der Waals surface area (Å²) in [7, 11) is -3.13. The average molecular weight is 688 g/mol. The van der Waals surface area contributed by atoms with Crippen LogP contribution in [-0.4, -0.2) is 59.1 Å². The molecule has 0 spiro atoms. The molecule has 0 radical (unpaired) electrons. The largest absolute Gasteiger partial charge is 0.496 e. The number of carbonyl (C=O) groups is 1. The second-order valence-corrected chi connectivity index (χ2v) is 14.9. The SMILES string of the molecule is COc1cc(C(F)(F)[C@@H](C(=O)N2C[C@H]3CNC[C@H]3C2)c2cc(OCC3CCCCC3)ccc2S(N)(=O)=O)ccc1-c1ccc(Cl)cc1. The first-order chi connectivity index (χ1) is 22.5. The predicted molar refractivity (Wildman–Crippen MR) is 176 cm³/mol. The second kappa shape index (κ2) is 13.7. The van der Waals surface area contributed by atoms with E-state index in [0.29, 0.717) is 54.9 Å². The standard InChI is InChI=1S/C35H40ClF2N3O5S/c1-45-31-15-26(9-13-29(31)23-7-10-27(36)11-8-23)35(37,38)33(34(42)41-19-24-17-40-18-25(24)20-41)30-16-28(12-14-32(30)47(39,43)44)46-21-22-5-3-2-4-6-22/h7-16,22,24-25,33,40H,2-6,17-21H2,1H3,(H2,39,43,44)/t24-,25+,33-/m1/s1. The highest BCUT2D eigenvalue weighted by atomic mass is 35.5. The number of nitrogens with one attached hydrogen (secondary N) is 1. The number of rotatable bonds is 10. The number of sulfonamides is 1. The number of amides is 1. The van der Waals surface area contributed by atoms with Crippen molar-refractivity contribution in [1.82, 2.24) is 10.2 Å². The number of ether oxygens (including phenoxy) is 2. The van der Waals surface area contributed by atoms with Gasteiger partial charge >= 0.3 is 0 Å². The fourth-order valence-electron chi connectivity index (χ4n) is 7.30. The lowest BCUT2D eigenvalue weighted by Crippen LogP contribution is -2.42. The number of nitrogens with two attached hydrogens (primary N) is 1. The number of fused-ring (bicyclic) bond motifs is 1. The lowest BCUT2D eigenvalue weighted by Gasteiger charge is -2.32. The van der Waals surface area contributed by atoms with Crippen LogP contribution in [0.5, 0.6) is 11.5 Å². The Bertz CT molecular complexity index is 1700. The lowest BCUT2D eigenvalue weighted by atomic mass is 9.85. The highest BCUT2D eigenvalue weighted by Gasteiger charge is 2.52. The van der Waals surface area contributed by atoms with Crippen molar-refractivity contribution in [2.24, 2.45) is 22.9 Å². The van der Waals surface area contributed by atoms with Crippen molar-refractivity contribution in [3.8, 4) is 22.6 Å². The number of halogens is 3. The molecule has 1 amide bonds. The van der Waals surface area contributed by atoms with Crippen LogP contribution < -0.4 is 19.9 Å². The number of nitrogens with zero attached hydrogens (tertiary/aromatic N) is 1. The maximum atomic E-state index is 17.2. The Balaban J connectivity index is 1.43. The van der Waals surface area contributed by atoms with E-state index in [1.54, 1.807) is 24.3 Å². The van der Waals surface area contributed by atoms with Crippen molar-refractivity contribution in [2.75, 3.05) is 39.9 Å². The summed E-state index contributed by atoms with van der Waals surface area (Å²) >= 11 is 6.05. The van der Waals surface area contributed by atoms with E-state index < -0.39 is 38.2 Å². The molecule has 2 aliphatic heterocycles. The van der Waals surface area contributed by atoms with Gasteiger partial charge in [-0.1, -0.05) is 55.1 Å². The molecule has 252 valence electrons. The van der Waals surface area contributed by atoms with Gasteiger partial charge in [0.2, 0.25) is 15.9 Å². The maximum Gasteiger partial charge on any atom is 0.288 e. The monoisotopic (exact) mass is 687 g/mol. The molecule has 2 saturated heterocycles. The number of carbonyl (C=O) groups excluding carboxylic acids is 1. The third-order valence-electron chi connectivity index (χ3n) is 9.86. The number of methoxy groups -OCH3 is 1. The molecule has 47 heavy (non-hydrogen) atoms. The number of hydrogen-bond acceptors (Lipinski definition) is 6. The average Bonchev–Trinajstić information content (AvgIpc) is 3.67. The van der Waals surface area contributed by atoms with E-state index >= 15 is 8.78 Å². The van der Waals surface area contributed by atoms with Gasteiger partial charge in [0.1, 0.15) is 17.4 Å². The molecule has 3 N–H and O–H groups in total. The second-order valence-electron chi connectivity index (χ2n) is 13.0. The van der Waals surface area contributed by atoms with Crippen LogP contribution in [0, 0.1) is 17.8 Å². The predicted octanol–water partition coefficient (Wildman–Crippen LogP) is 6.18. The molecule has 0 aromatic heterocycles. The van der Waals surface area contributed by atoms with E-state index in [1.807, 2.05) is 0 Å². The molecule has 0 bridgehead atoms. The van der Waals surface area contributed by atoms with Gasteiger partial charge in [0, 0.05) is 42.3 Å². The summed E-state index contributed by atoms with van der Waals surface area (Å²) in [6.45, 7) is 2.33. The van der Waals surface area contributed by atoms with Gasteiger partial charge in [-0.25, -0.2) is 22.3 Å².